The first-order valence-corrected chi connectivity index (χ1v) is 9.95. The molecule has 0 radical (unpaired) electrons. The van der Waals surface area contributed by atoms with Gasteiger partial charge < -0.3 is 10.0 Å². The molecule has 3 nitrogen and oxygen atoms in total. The van der Waals surface area contributed by atoms with E-state index in [0.717, 1.165) is 32.5 Å². The van der Waals surface area contributed by atoms with Crippen LogP contribution in [0.3, 0.4) is 0 Å². The highest BCUT2D eigenvalue weighted by molar-refractivity contribution is 5.78. The van der Waals surface area contributed by atoms with E-state index >= 15 is 0 Å². The van der Waals surface area contributed by atoms with Crippen molar-refractivity contribution >= 4 is 5.78 Å². The quantitative estimate of drug-likeness (QED) is 0.823. The Hall–Kier alpha value is -2.13. The minimum Gasteiger partial charge on any atom is -0.508 e. The van der Waals surface area contributed by atoms with Gasteiger partial charge >= 0.3 is 0 Å². The van der Waals surface area contributed by atoms with E-state index in [-0.39, 0.29) is 17.1 Å². The number of phenolic OH excluding ortho intramolecular Hbond substituents is 1. The Bertz CT molecular complexity index is 773. The number of likely N-dealkylation sites (tertiary alicyclic amines) is 1. The molecule has 3 atom stereocenters. The predicted molar refractivity (Wildman–Crippen MR) is 110 cm³/mol. The number of piperidine rings is 1. The summed E-state index contributed by atoms with van der Waals surface area (Å²) in [6.07, 6.45) is 1.85. The molecular weight excluding hydrogens is 334 g/mol. The van der Waals surface area contributed by atoms with E-state index in [4.69, 9.17) is 0 Å². The van der Waals surface area contributed by atoms with Crippen LogP contribution in [-0.2, 0) is 16.6 Å². The van der Waals surface area contributed by atoms with Gasteiger partial charge in [-0.05, 0) is 60.9 Å². The van der Waals surface area contributed by atoms with Gasteiger partial charge in [-0.3, -0.25) is 4.79 Å². The molecule has 0 spiro atoms. The fraction of sp³-hybridized carbons (Fsp3) is 0.458. The third kappa shape index (κ3) is 4.59. The Labute approximate surface area is 163 Å². The first-order chi connectivity index (χ1) is 12.9. The number of ketones is 1. The van der Waals surface area contributed by atoms with E-state index in [2.05, 4.69) is 36.9 Å². The third-order valence-electron chi connectivity index (χ3n) is 6.45. The molecule has 27 heavy (non-hydrogen) atoms. The summed E-state index contributed by atoms with van der Waals surface area (Å²) in [5.41, 5.74) is 2.50. The second-order valence-corrected chi connectivity index (χ2v) is 8.38. The van der Waals surface area contributed by atoms with Gasteiger partial charge in [0.15, 0.2) is 0 Å². The SMILES string of the molecule is CC(=O)C(Cc1ccccc1)CN1CC[C@@](C)(c2cccc(O)c2)C(C)C1. The molecule has 0 aromatic heterocycles. The predicted octanol–water partition coefficient (Wildman–Crippen LogP) is 4.44. The summed E-state index contributed by atoms with van der Waals surface area (Å²) in [6, 6.07) is 18.0. The molecule has 1 heterocycles. The first-order valence-electron chi connectivity index (χ1n) is 9.95. The topological polar surface area (TPSA) is 40.5 Å². The molecule has 1 aliphatic heterocycles. The second kappa shape index (κ2) is 8.26. The Morgan fingerprint density at radius 3 is 2.59 bits per heavy atom. The molecule has 2 aromatic rings. The number of benzene rings is 2. The van der Waals surface area contributed by atoms with Gasteiger partial charge in [0.1, 0.15) is 11.5 Å². The van der Waals surface area contributed by atoms with Crippen molar-refractivity contribution in [2.75, 3.05) is 19.6 Å². The molecule has 0 amide bonds. The van der Waals surface area contributed by atoms with Gasteiger partial charge in [0.05, 0.1) is 0 Å². The van der Waals surface area contributed by atoms with Gasteiger partial charge in [0.25, 0.3) is 0 Å². The smallest absolute Gasteiger partial charge is 0.134 e. The largest absolute Gasteiger partial charge is 0.508 e. The van der Waals surface area contributed by atoms with E-state index in [1.165, 1.54) is 11.1 Å². The van der Waals surface area contributed by atoms with Crippen LogP contribution in [0.5, 0.6) is 5.75 Å². The lowest BCUT2D eigenvalue weighted by Crippen LogP contribution is -2.49. The Kier molecular flexibility index (Phi) is 6.01. The maximum Gasteiger partial charge on any atom is 0.134 e. The molecule has 0 aliphatic carbocycles. The van der Waals surface area contributed by atoms with Crippen LogP contribution in [-0.4, -0.2) is 35.4 Å². The summed E-state index contributed by atoms with van der Waals surface area (Å²) in [7, 11) is 0. The molecule has 1 aliphatic rings. The number of carbonyl (C=O) groups is 1. The van der Waals surface area contributed by atoms with E-state index in [1.54, 1.807) is 13.0 Å². The zero-order valence-corrected chi connectivity index (χ0v) is 16.7. The van der Waals surface area contributed by atoms with Crippen LogP contribution in [0.15, 0.2) is 54.6 Å². The van der Waals surface area contributed by atoms with Crippen molar-refractivity contribution in [3.63, 3.8) is 0 Å². The summed E-state index contributed by atoms with van der Waals surface area (Å²) < 4.78 is 0. The lowest BCUT2D eigenvalue weighted by atomic mass is 9.68. The van der Waals surface area contributed by atoms with Crippen molar-refractivity contribution in [1.29, 1.82) is 0 Å². The van der Waals surface area contributed by atoms with Crippen LogP contribution in [0.1, 0.15) is 38.3 Å². The average Bonchev–Trinajstić information content (AvgIpc) is 2.65. The van der Waals surface area contributed by atoms with Crippen LogP contribution in [0, 0.1) is 11.8 Å². The zero-order valence-electron chi connectivity index (χ0n) is 16.7. The fourth-order valence-corrected chi connectivity index (χ4v) is 4.32. The van der Waals surface area contributed by atoms with E-state index < -0.39 is 0 Å². The molecule has 3 rings (SSSR count). The highest BCUT2D eigenvalue weighted by atomic mass is 16.3. The van der Waals surface area contributed by atoms with Crippen LogP contribution in [0.2, 0.25) is 0 Å². The molecule has 1 fully saturated rings. The molecule has 144 valence electrons. The molecule has 1 saturated heterocycles. The van der Waals surface area contributed by atoms with Crippen LogP contribution >= 0.6 is 0 Å². The Morgan fingerprint density at radius 2 is 1.96 bits per heavy atom. The number of nitrogens with zero attached hydrogens (tertiary/aromatic N) is 1. The van der Waals surface area contributed by atoms with Crippen LogP contribution in [0.4, 0.5) is 0 Å². The first kappa shape index (κ1) is 19.6. The van der Waals surface area contributed by atoms with Gasteiger partial charge in [-0.15, -0.1) is 0 Å². The van der Waals surface area contributed by atoms with Crippen molar-refractivity contribution in [3.05, 3.63) is 65.7 Å². The van der Waals surface area contributed by atoms with Crippen molar-refractivity contribution in [2.24, 2.45) is 11.8 Å². The van der Waals surface area contributed by atoms with Crippen molar-refractivity contribution in [1.82, 2.24) is 4.90 Å². The highest BCUT2D eigenvalue weighted by Gasteiger charge is 2.38. The zero-order chi connectivity index (χ0) is 19.4. The molecule has 2 aromatic carbocycles. The summed E-state index contributed by atoms with van der Waals surface area (Å²) in [6.45, 7) is 9.09. The normalized spacial score (nSPS) is 24.5. The minimum atomic E-state index is 0.0460. The van der Waals surface area contributed by atoms with Gasteiger partial charge in [-0.25, -0.2) is 0 Å². The number of rotatable bonds is 6. The van der Waals surface area contributed by atoms with E-state index in [9.17, 15) is 9.90 Å². The number of aromatic hydroxyl groups is 1. The van der Waals surface area contributed by atoms with Gasteiger partial charge in [-0.1, -0.05) is 56.3 Å². The van der Waals surface area contributed by atoms with Gasteiger partial charge in [0.2, 0.25) is 0 Å². The highest BCUT2D eigenvalue weighted by Crippen LogP contribution is 2.40. The standard InChI is InChI=1S/C24H31NO2/c1-18-16-25(13-12-24(18,3)22-10-7-11-23(27)15-22)17-21(19(2)26)14-20-8-5-4-6-9-20/h4-11,15,18,21,27H,12-14,16-17H2,1-3H3/t18?,21?,24-/m1/s1. The van der Waals surface area contributed by atoms with Crippen molar-refractivity contribution in [3.8, 4) is 5.75 Å². The summed E-state index contributed by atoms with van der Waals surface area (Å²) in [4.78, 5) is 14.7. The van der Waals surface area contributed by atoms with E-state index in [1.807, 2.05) is 30.3 Å². The van der Waals surface area contributed by atoms with Gasteiger partial charge in [0, 0.05) is 19.0 Å². The molecule has 1 N–H and O–H groups in total. The Balaban J connectivity index is 1.67. The number of carbonyl (C=O) groups excluding carboxylic acids is 1. The minimum absolute atomic E-state index is 0.0460. The van der Waals surface area contributed by atoms with E-state index in [0.29, 0.717) is 11.7 Å². The maximum atomic E-state index is 12.2. The Morgan fingerprint density at radius 1 is 1.22 bits per heavy atom. The fourth-order valence-electron chi connectivity index (χ4n) is 4.32. The lowest BCUT2D eigenvalue weighted by molar-refractivity contribution is -0.121. The summed E-state index contributed by atoms with van der Waals surface area (Å²) >= 11 is 0. The second-order valence-electron chi connectivity index (χ2n) is 8.38. The van der Waals surface area contributed by atoms with Crippen molar-refractivity contribution < 1.29 is 9.90 Å². The lowest BCUT2D eigenvalue weighted by Gasteiger charge is -2.45. The molecule has 0 saturated carbocycles. The summed E-state index contributed by atoms with van der Waals surface area (Å²) in [5, 5.41) is 9.87. The number of Topliss-reactive ketones (excluding diaryl/α,β-unsaturated/α-hetero) is 1. The van der Waals surface area contributed by atoms with Crippen LogP contribution in [0.25, 0.3) is 0 Å². The molecule has 2 unspecified atom stereocenters. The number of hydrogen-bond donors (Lipinski definition) is 1. The molecule has 0 bridgehead atoms. The number of phenols is 1. The monoisotopic (exact) mass is 365 g/mol. The average molecular weight is 366 g/mol. The van der Waals surface area contributed by atoms with Gasteiger partial charge in [-0.2, -0.15) is 0 Å². The molecular formula is C24H31NO2. The third-order valence-corrected chi connectivity index (χ3v) is 6.45. The summed E-state index contributed by atoms with van der Waals surface area (Å²) in [5.74, 6) is 1.11. The van der Waals surface area contributed by atoms with Crippen molar-refractivity contribution in [2.45, 2.75) is 39.0 Å². The number of hydrogen-bond acceptors (Lipinski definition) is 3. The molecule has 3 heteroatoms. The van der Waals surface area contributed by atoms with Crippen LogP contribution < -0.4 is 0 Å². The maximum absolute atomic E-state index is 12.2.